The van der Waals surface area contributed by atoms with Gasteiger partial charge >= 0.3 is 0 Å². The van der Waals surface area contributed by atoms with Crippen molar-refractivity contribution in [1.82, 2.24) is 9.80 Å². The summed E-state index contributed by atoms with van der Waals surface area (Å²) in [5.41, 5.74) is 7.59. The maximum absolute atomic E-state index is 6.83. The number of nitrogens with two attached hydrogens (primary N) is 1. The van der Waals surface area contributed by atoms with E-state index in [1.165, 1.54) is 65.0 Å². The SMILES string of the molecule is CC12CN3CCN(C1)CC(C1CCCC1)(C3)C2N. The van der Waals surface area contributed by atoms with Crippen LogP contribution < -0.4 is 5.73 Å². The summed E-state index contributed by atoms with van der Waals surface area (Å²) in [5, 5.41) is 0. The minimum atomic E-state index is 0.343. The Morgan fingerprint density at radius 2 is 1.50 bits per heavy atom. The summed E-state index contributed by atoms with van der Waals surface area (Å²) in [6.45, 7) is 10.0. The van der Waals surface area contributed by atoms with Gasteiger partial charge in [0, 0.05) is 56.1 Å². The topological polar surface area (TPSA) is 32.5 Å². The highest BCUT2D eigenvalue weighted by Gasteiger charge is 2.60. The lowest BCUT2D eigenvalue weighted by atomic mass is 9.56. The van der Waals surface area contributed by atoms with Gasteiger partial charge in [0.2, 0.25) is 0 Å². The Balaban J connectivity index is 1.76. The van der Waals surface area contributed by atoms with Gasteiger partial charge in [0.1, 0.15) is 0 Å². The molecule has 0 radical (unpaired) electrons. The summed E-state index contributed by atoms with van der Waals surface area (Å²) in [7, 11) is 0. The van der Waals surface area contributed by atoms with Gasteiger partial charge in [-0.3, -0.25) is 0 Å². The largest absolute Gasteiger partial charge is 0.327 e. The zero-order valence-corrected chi connectivity index (χ0v) is 11.7. The van der Waals surface area contributed by atoms with Gasteiger partial charge in [0.05, 0.1) is 0 Å². The number of hydrogen-bond acceptors (Lipinski definition) is 3. The Bertz CT molecular complexity index is 332. The van der Waals surface area contributed by atoms with Crippen molar-refractivity contribution in [3.63, 3.8) is 0 Å². The van der Waals surface area contributed by atoms with E-state index in [1.807, 2.05) is 0 Å². The highest BCUT2D eigenvalue weighted by Crippen LogP contribution is 2.53. The molecule has 0 aromatic carbocycles. The van der Waals surface area contributed by atoms with Crippen LogP contribution in [0, 0.1) is 16.7 Å². The van der Waals surface area contributed by atoms with Crippen molar-refractivity contribution in [3.8, 4) is 0 Å². The highest BCUT2D eigenvalue weighted by molar-refractivity contribution is 5.15. The first-order valence-corrected chi connectivity index (χ1v) is 7.83. The molecule has 4 aliphatic heterocycles. The van der Waals surface area contributed by atoms with Crippen molar-refractivity contribution in [2.24, 2.45) is 22.5 Å². The van der Waals surface area contributed by atoms with Crippen molar-refractivity contribution in [3.05, 3.63) is 0 Å². The molecule has 3 atom stereocenters. The normalized spacial score (nSPS) is 56.0. The molecule has 102 valence electrons. The second-order valence-electron chi connectivity index (χ2n) is 7.77. The van der Waals surface area contributed by atoms with Crippen LogP contribution >= 0.6 is 0 Å². The van der Waals surface area contributed by atoms with Gasteiger partial charge in [-0.25, -0.2) is 0 Å². The van der Waals surface area contributed by atoms with Crippen LogP contribution in [0.15, 0.2) is 0 Å². The zero-order valence-electron chi connectivity index (χ0n) is 11.7. The second kappa shape index (κ2) is 3.71. The smallest absolute Gasteiger partial charge is 0.0202 e. The Kier molecular flexibility index (Phi) is 2.41. The molecular formula is C15H27N3. The number of piperidine rings is 2. The Morgan fingerprint density at radius 1 is 0.944 bits per heavy atom. The average Bonchev–Trinajstić information content (AvgIpc) is 2.75. The second-order valence-corrected chi connectivity index (χ2v) is 7.77. The van der Waals surface area contributed by atoms with Gasteiger partial charge in [0.25, 0.3) is 0 Å². The van der Waals surface area contributed by atoms with Gasteiger partial charge in [-0.2, -0.15) is 0 Å². The van der Waals surface area contributed by atoms with Crippen molar-refractivity contribution in [2.45, 2.75) is 38.6 Å². The molecule has 0 amide bonds. The van der Waals surface area contributed by atoms with Crippen LogP contribution in [-0.4, -0.2) is 55.1 Å². The molecule has 18 heavy (non-hydrogen) atoms. The lowest BCUT2D eigenvalue weighted by Crippen LogP contribution is -2.73. The van der Waals surface area contributed by atoms with E-state index >= 15 is 0 Å². The van der Waals surface area contributed by atoms with Crippen LogP contribution in [0.5, 0.6) is 0 Å². The first-order chi connectivity index (χ1) is 8.62. The van der Waals surface area contributed by atoms with Crippen molar-refractivity contribution >= 4 is 0 Å². The quantitative estimate of drug-likeness (QED) is 0.756. The summed E-state index contributed by atoms with van der Waals surface area (Å²) >= 11 is 0. The first kappa shape index (κ1) is 11.7. The minimum absolute atomic E-state index is 0.343. The third-order valence-electron chi connectivity index (χ3n) is 6.48. The molecule has 1 saturated carbocycles. The standard InChI is InChI=1S/C15H27N3/c1-14-8-17-6-7-18(9-14)11-15(10-17,13(14)16)12-4-2-3-5-12/h12-13H,2-11,16H2,1H3. The fourth-order valence-electron chi connectivity index (χ4n) is 5.77. The van der Waals surface area contributed by atoms with Crippen LogP contribution in [0.25, 0.3) is 0 Å². The van der Waals surface area contributed by atoms with Crippen molar-refractivity contribution in [2.75, 3.05) is 39.3 Å². The van der Waals surface area contributed by atoms with Gasteiger partial charge in [-0.15, -0.1) is 0 Å². The molecule has 5 aliphatic rings. The molecule has 3 heteroatoms. The monoisotopic (exact) mass is 249 g/mol. The minimum Gasteiger partial charge on any atom is -0.327 e. The average molecular weight is 249 g/mol. The van der Waals surface area contributed by atoms with E-state index < -0.39 is 0 Å². The molecule has 0 spiro atoms. The van der Waals surface area contributed by atoms with E-state index in [0.717, 1.165) is 5.92 Å². The third kappa shape index (κ3) is 1.41. The van der Waals surface area contributed by atoms with Crippen LogP contribution in [-0.2, 0) is 0 Å². The molecule has 0 aromatic heterocycles. The van der Waals surface area contributed by atoms with Gasteiger partial charge in [-0.05, 0) is 18.8 Å². The molecule has 0 aromatic rings. The molecule has 4 saturated heterocycles. The van der Waals surface area contributed by atoms with E-state index in [4.69, 9.17) is 5.73 Å². The van der Waals surface area contributed by atoms with E-state index in [9.17, 15) is 0 Å². The van der Waals surface area contributed by atoms with Gasteiger partial charge in [0.15, 0.2) is 0 Å². The molecule has 5 fully saturated rings. The number of rotatable bonds is 1. The molecule has 3 nitrogen and oxygen atoms in total. The maximum Gasteiger partial charge on any atom is 0.0202 e. The lowest BCUT2D eigenvalue weighted by Gasteiger charge is -2.61. The van der Waals surface area contributed by atoms with Crippen LogP contribution in [0.3, 0.4) is 0 Å². The van der Waals surface area contributed by atoms with E-state index in [-0.39, 0.29) is 0 Å². The molecule has 4 heterocycles. The predicted octanol–water partition coefficient (Wildman–Crippen LogP) is 1.14. The summed E-state index contributed by atoms with van der Waals surface area (Å²) < 4.78 is 0. The van der Waals surface area contributed by atoms with Gasteiger partial charge < -0.3 is 15.5 Å². The lowest BCUT2D eigenvalue weighted by molar-refractivity contribution is -0.0986. The Hall–Kier alpha value is -0.120. The number of fused-ring (bicyclic) bond motifs is 1. The summed E-state index contributed by atoms with van der Waals surface area (Å²) in [4.78, 5) is 5.46. The molecule has 1 aliphatic carbocycles. The third-order valence-corrected chi connectivity index (χ3v) is 6.48. The first-order valence-electron chi connectivity index (χ1n) is 7.83. The fraction of sp³-hybridized carbons (Fsp3) is 1.00. The number of hydrogen-bond donors (Lipinski definition) is 1. The van der Waals surface area contributed by atoms with Gasteiger partial charge in [-0.1, -0.05) is 19.8 Å². The maximum atomic E-state index is 6.83. The fourth-order valence-corrected chi connectivity index (χ4v) is 5.77. The summed E-state index contributed by atoms with van der Waals surface area (Å²) in [5.74, 6) is 0.899. The molecule has 2 N–H and O–H groups in total. The molecular weight excluding hydrogens is 222 g/mol. The van der Waals surface area contributed by atoms with Crippen LogP contribution in [0.4, 0.5) is 0 Å². The van der Waals surface area contributed by atoms with Crippen LogP contribution in [0.2, 0.25) is 0 Å². The number of nitrogens with zero attached hydrogens (tertiary/aromatic N) is 2. The van der Waals surface area contributed by atoms with Crippen molar-refractivity contribution in [1.29, 1.82) is 0 Å². The predicted molar refractivity (Wildman–Crippen MR) is 73.4 cm³/mol. The summed E-state index contributed by atoms with van der Waals surface area (Å²) in [6.07, 6.45) is 5.75. The molecule has 4 bridgehead atoms. The molecule has 3 unspecified atom stereocenters. The molecule has 5 rings (SSSR count). The van der Waals surface area contributed by atoms with E-state index in [1.54, 1.807) is 0 Å². The van der Waals surface area contributed by atoms with Crippen LogP contribution in [0.1, 0.15) is 32.6 Å². The zero-order chi connectivity index (χ0) is 12.4. The highest BCUT2D eigenvalue weighted by atomic mass is 15.3. The Labute approximate surface area is 111 Å². The van der Waals surface area contributed by atoms with E-state index in [0.29, 0.717) is 16.9 Å². The summed E-state index contributed by atoms with van der Waals surface area (Å²) in [6, 6.07) is 0.429. The van der Waals surface area contributed by atoms with Crippen molar-refractivity contribution < 1.29 is 0 Å². The Morgan fingerprint density at radius 3 is 2.06 bits per heavy atom. The van der Waals surface area contributed by atoms with E-state index in [2.05, 4.69) is 16.7 Å².